The number of nitrogens with zero attached hydrogens (tertiary/aromatic N) is 3. The van der Waals surface area contributed by atoms with Crippen LogP contribution >= 0.6 is 11.6 Å². The van der Waals surface area contributed by atoms with Crippen LogP contribution < -0.4 is 24.8 Å². The zero-order valence-electron chi connectivity index (χ0n) is 35.3. The highest BCUT2D eigenvalue weighted by Gasteiger charge is 2.40. The average molecular weight is 858 g/mol. The van der Waals surface area contributed by atoms with Crippen molar-refractivity contribution < 1.29 is 34.0 Å². The minimum atomic E-state index is -1.60. The summed E-state index contributed by atoms with van der Waals surface area (Å²) in [4.78, 5) is 30.2. The van der Waals surface area contributed by atoms with Crippen molar-refractivity contribution in [3.8, 4) is 45.6 Å². The maximum absolute atomic E-state index is 11.9. The molecule has 322 valence electrons. The lowest BCUT2D eigenvalue weighted by Gasteiger charge is -2.38. The third-order valence-corrected chi connectivity index (χ3v) is 12.6. The number of amides is 1. The minimum Gasteiger partial charge on any atom is -0.492 e. The zero-order valence-corrected chi connectivity index (χ0v) is 36.1. The van der Waals surface area contributed by atoms with Crippen LogP contribution in [0.3, 0.4) is 0 Å². The van der Waals surface area contributed by atoms with E-state index in [9.17, 15) is 25.1 Å². The second kappa shape index (κ2) is 19.4. The first-order chi connectivity index (χ1) is 29.9. The molecule has 7 rings (SSSR count). The monoisotopic (exact) mass is 857 g/mol. The lowest BCUT2D eigenvalue weighted by Crippen LogP contribution is -2.52. The molecule has 0 unspecified atom stereocenters. The number of benzene rings is 4. The van der Waals surface area contributed by atoms with E-state index >= 15 is 0 Å². The van der Waals surface area contributed by atoms with E-state index in [1.165, 1.54) is 13.1 Å². The van der Waals surface area contributed by atoms with Crippen LogP contribution in [0.1, 0.15) is 59.6 Å². The number of nitriles is 1. The fourth-order valence-electron chi connectivity index (χ4n) is 8.14. The maximum Gasteiger partial charge on any atom is 0.326 e. The highest BCUT2D eigenvalue weighted by atomic mass is 35.5. The van der Waals surface area contributed by atoms with Crippen molar-refractivity contribution in [3.63, 3.8) is 0 Å². The Kier molecular flexibility index (Phi) is 13.8. The quantitative estimate of drug-likeness (QED) is 0.0727. The fraction of sp³-hybridized carbons (Fsp3) is 0.347. The van der Waals surface area contributed by atoms with Crippen LogP contribution in [0.2, 0.25) is 5.02 Å². The number of carbonyl (C=O) groups is 2. The molecule has 2 fully saturated rings. The predicted molar refractivity (Wildman–Crippen MR) is 237 cm³/mol. The van der Waals surface area contributed by atoms with E-state index in [2.05, 4.69) is 76.8 Å². The molecular weight excluding hydrogens is 806 g/mol. The van der Waals surface area contributed by atoms with E-state index in [-0.39, 0.29) is 31.1 Å². The van der Waals surface area contributed by atoms with Crippen molar-refractivity contribution in [1.82, 2.24) is 20.5 Å². The van der Waals surface area contributed by atoms with E-state index in [0.29, 0.717) is 46.2 Å². The third kappa shape index (κ3) is 10.2. The van der Waals surface area contributed by atoms with Crippen LogP contribution in [-0.4, -0.2) is 76.9 Å². The summed E-state index contributed by atoms with van der Waals surface area (Å²) in [6, 6.07) is 27.8. The van der Waals surface area contributed by atoms with Gasteiger partial charge in [0.25, 0.3) is 0 Å². The Morgan fingerprint density at radius 1 is 0.935 bits per heavy atom. The molecule has 0 saturated carbocycles. The topological polar surface area (TPSA) is 166 Å². The molecule has 5 aromatic rings. The van der Waals surface area contributed by atoms with Crippen LogP contribution in [0.5, 0.6) is 17.2 Å². The van der Waals surface area contributed by atoms with Crippen molar-refractivity contribution in [2.75, 3.05) is 39.4 Å². The summed E-state index contributed by atoms with van der Waals surface area (Å²) in [5.41, 5.74) is 7.75. The van der Waals surface area contributed by atoms with Gasteiger partial charge in [-0.1, -0.05) is 60.1 Å². The molecule has 4 N–H and O–H groups in total. The van der Waals surface area contributed by atoms with E-state index in [1.54, 1.807) is 24.4 Å². The van der Waals surface area contributed by atoms with E-state index in [0.717, 1.165) is 83.7 Å². The molecule has 0 aliphatic carbocycles. The summed E-state index contributed by atoms with van der Waals surface area (Å²) in [6.45, 7) is 9.56. The summed E-state index contributed by atoms with van der Waals surface area (Å²) >= 11 is 6.78. The second-order valence-corrected chi connectivity index (χ2v) is 17.0. The van der Waals surface area contributed by atoms with Crippen molar-refractivity contribution in [1.29, 1.82) is 5.26 Å². The first kappa shape index (κ1) is 44.1. The molecule has 2 aliphatic rings. The first-order valence-corrected chi connectivity index (χ1v) is 21.2. The first-order valence-electron chi connectivity index (χ1n) is 20.8. The van der Waals surface area contributed by atoms with Gasteiger partial charge in [0.1, 0.15) is 48.7 Å². The predicted octanol–water partition coefficient (Wildman–Crippen LogP) is 7.62. The van der Waals surface area contributed by atoms with Crippen LogP contribution in [0.15, 0.2) is 91.3 Å². The number of pyridine rings is 1. The average Bonchev–Trinajstić information content (AvgIpc) is 3.65. The number of hydrogen-bond donors (Lipinski definition) is 4. The number of rotatable bonds is 17. The molecule has 12 nitrogen and oxygen atoms in total. The van der Waals surface area contributed by atoms with Crippen molar-refractivity contribution in [2.24, 2.45) is 5.41 Å². The van der Waals surface area contributed by atoms with Crippen LogP contribution in [0, 0.1) is 30.6 Å². The molecular formula is C49H52ClN5O7. The van der Waals surface area contributed by atoms with Crippen molar-refractivity contribution >= 4 is 23.5 Å². The van der Waals surface area contributed by atoms with E-state index in [4.69, 9.17) is 25.8 Å². The molecule has 0 radical (unpaired) electrons. The number of aliphatic hydroxyl groups excluding tert-OH is 1. The van der Waals surface area contributed by atoms with Gasteiger partial charge >= 0.3 is 5.97 Å². The standard InChI is InChI=1S/C49H52ClN5O7/c1-32-37(29-62-45-22-44(61-28-35-20-34(24-51)25-52-26-35)38(21-43(45)50)27-54-48(3,31-56)47(58)59)6-4-8-41(32)42-9-5-7-40(33(42)2)36-10-12-39(13-11-36)60-19-18-55-16-14-49(15-17-55)23-46(57)53-30-49/h4-13,20-22,25-26,54,56H,14-19,23,27-31H2,1-3H3,(H,53,57)(H,58,59)/t48-/m0/s1. The smallest absolute Gasteiger partial charge is 0.326 e. The normalized spacial score (nSPS) is 15.7. The molecule has 13 heteroatoms. The Hall–Kier alpha value is -5.97. The summed E-state index contributed by atoms with van der Waals surface area (Å²) < 4.78 is 18.7. The number of carboxylic acids is 1. The molecule has 4 aromatic carbocycles. The summed E-state index contributed by atoms with van der Waals surface area (Å²) in [5, 5.41) is 35.0. The van der Waals surface area contributed by atoms with Gasteiger partial charge < -0.3 is 29.7 Å². The summed E-state index contributed by atoms with van der Waals surface area (Å²) in [5.74, 6) is 0.567. The minimum absolute atomic E-state index is 0.0244. The number of aliphatic carboxylic acids is 1. The van der Waals surface area contributed by atoms with Crippen molar-refractivity contribution in [2.45, 2.75) is 65.3 Å². The molecule has 3 heterocycles. The fourth-order valence-corrected chi connectivity index (χ4v) is 8.38. The molecule has 2 saturated heterocycles. The number of hydrogen-bond acceptors (Lipinski definition) is 10. The van der Waals surface area contributed by atoms with Gasteiger partial charge in [-0.15, -0.1) is 0 Å². The van der Waals surface area contributed by atoms with Gasteiger partial charge in [0, 0.05) is 55.6 Å². The van der Waals surface area contributed by atoms with Gasteiger partial charge in [0.05, 0.1) is 17.2 Å². The van der Waals surface area contributed by atoms with Crippen LogP contribution in [0.25, 0.3) is 22.3 Å². The Bertz CT molecular complexity index is 2460. The SMILES string of the molecule is Cc1c(COc2cc(OCc3cncc(C#N)c3)c(CN[C@@](C)(CO)C(=O)O)cc2Cl)cccc1-c1cccc(-c2ccc(OCCN3CCC4(CC3)CNC(=O)C4)cc2)c1C. The molecule has 1 spiro atoms. The summed E-state index contributed by atoms with van der Waals surface area (Å²) in [6.07, 6.45) is 5.82. The van der Waals surface area contributed by atoms with Gasteiger partial charge in [0.15, 0.2) is 0 Å². The van der Waals surface area contributed by atoms with E-state index in [1.807, 2.05) is 24.3 Å². The second-order valence-electron chi connectivity index (χ2n) is 16.5. The number of carboxylic acid groups (broad SMARTS) is 1. The van der Waals surface area contributed by atoms with Gasteiger partial charge in [-0.3, -0.25) is 24.8 Å². The highest BCUT2D eigenvalue weighted by Crippen LogP contribution is 2.39. The largest absolute Gasteiger partial charge is 0.492 e. The molecule has 1 amide bonds. The molecule has 2 aliphatic heterocycles. The number of carbonyl (C=O) groups excluding carboxylic acids is 1. The van der Waals surface area contributed by atoms with Crippen LogP contribution in [-0.2, 0) is 29.3 Å². The lowest BCUT2D eigenvalue weighted by molar-refractivity contribution is -0.146. The summed E-state index contributed by atoms with van der Waals surface area (Å²) in [7, 11) is 0. The number of nitrogens with one attached hydrogen (secondary N) is 2. The number of piperidine rings is 1. The van der Waals surface area contributed by atoms with Crippen LogP contribution in [0.4, 0.5) is 0 Å². The van der Waals surface area contributed by atoms with Crippen molar-refractivity contribution in [3.05, 3.63) is 130 Å². The lowest BCUT2D eigenvalue weighted by atomic mass is 9.78. The van der Waals surface area contributed by atoms with Gasteiger partial charge in [-0.05, 0) is 115 Å². The zero-order chi connectivity index (χ0) is 43.9. The number of aromatic nitrogens is 1. The molecule has 62 heavy (non-hydrogen) atoms. The number of halogens is 1. The third-order valence-electron chi connectivity index (χ3n) is 12.3. The Balaban J connectivity index is 1.02. The molecule has 0 bridgehead atoms. The van der Waals surface area contributed by atoms with Gasteiger partial charge in [0.2, 0.25) is 5.91 Å². The molecule has 1 atom stereocenters. The Labute approximate surface area is 367 Å². The number of aliphatic hydroxyl groups is 1. The molecule has 1 aromatic heterocycles. The number of ether oxygens (including phenoxy) is 3. The highest BCUT2D eigenvalue weighted by molar-refractivity contribution is 6.32. The maximum atomic E-state index is 11.9. The van der Waals surface area contributed by atoms with Gasteiger partial charge in [-0.2, -0.15) is 5.26 Å². The number of likely N-dealkylation sites (tertiary alicyclic amines) is 1. The Morgan fingerprint density at radius 2 is 1.65 bits per heavy atom. The van der Waals surface area contributed by atoms with E-state index < -0.39 is 18.1 Å². The van der Waals surface area contributed by atoms with Gasteiger partial charge in [-0.25, -0.2) is 0 Å². The Morgan fingerprint density at radius 3 is 2.34 bits per heavy atom.